The van der Waals surface area contributed by atoms with E-state index in [0.29, 0.717) is 41.1 Å². The van der Waals surface area contributed by atoms with Crippen molar-refractivity contribution in [2.24, 2.45) is 4.99 Å². The van der Waals surface area contributed by atoms with Crippen LogP contribution in [0.25, 0.3) is 6.08 Å². The van der Waals surface area contributed by atoms with E-state index in [4.69, 9.17) is 26.5 Å². The van der Waals surface area contributed by atoms with E-state index in [-0.39, 0.29) is 11.4 Å². The Balaban J connectivity index is 1.37. The molecule has 2 aromatic carbocycles. The van der Waals surface area contributed by atoms with Crippen molar-refractivity contribution in [2.45, 2.75) is 13.3 Å². The van der Waals surface area contributed by atoms with Crippen LogP contribution in [0.1, 0.15) is 18.9 Å². The molecule has 0 unspecified atom stereocenters. The van der Waals surface area contributed by atoms with E-state index < -0.39 is 5.91 Å². The van der Waals surface area contributed by atoms with Crippen LogP contribution in [0.2, 0.25) is 5.02 Å². The van der Waals surface area contributed by atoms with Crippen LogP contribution >= 0.6 is 23.4 Å². The van der Waals surface area contributed by atoms with E-state index in [1.165, 1.54) is 11.8 Å². The summed E-state index contributed by atoms with van der Waals surface area (Å²) in [4.78, 5) is 18.1. The minimum atomic E-state index is -0.429. The Bertz CT molecular complexity index is 1110. The Morgan fingerprint density at radius 1 is 1.16 bits per heavy atom. The molecular formula is C23H20ClN3O3S. The number of amides is 1. The summed E-state index contributed by atoms with van der Waals surface area (Å²) in [7, 11) is 0. The maximum absolute atomic E-state index is 12.4. The number of carbonyl (C=O) groups is 1. The van der Waals surface area contributed by atoms with Crippen LogP contribution in [0, 0.1) is 5.41 Å². The first kappa shape index (κ1) is 21.2. The summed E-state index contributed by atoms with van der Waals surface area (Å²) in [6, 6.07) is 14.9. The third kappa shape index (κ3) is 4.84. The van der Waals surface area contributed by atoms with Crippen LogP contribution in [0.15, 0.2) is 70.2 Å². The summed E-state index contributed by atoms with van der Waals surface area (Å²) in [5, 5.41) is 11.2. The monoisotopic (exact) mass is 453 g/mol. The van der Waals surface area contributed by atoms with E-state index in [0.717, 1.165) is 11.4 Å². The van der Waals surface area contributed by atoms with Gasteiger partial charge in [-0.15, -0.1) is 0 Å². The van der Waals surface area contributed by atoms with Gasteiger partial charge < -0.3 is 9.47 Å². The largest absolute Gasteiger partial charge is 0.493 e. The summed E-state index contributed by atoms with van der Waals surface area (Å²) >= 11 is 7.71. The fourth-order valence-electron chi connectivity index (χ4n) is 3.08. The number of amidine groups is 2. The van der Waals surface area contributed by atoms with Gasteiger partial charge in [0.25, 0.3) is 5.91 Å². The zero-order valence-corrected chi connectivity index (χ0v) is 18.4. The van der Waals surface area contributed by atoms with Crippen molar-refractivity contribution in [1.29, 1.82) is 5.41 Å². The molecule has 2 heterocycles. The first-order chi connectivity index (χ1) is 15.0. The molecule has 0 radical (unpaired) electrons. The van der Waals surface area contributed by atoms with E-state index in [2.05, 4.69) is 4.99 Å². The van der Waals surface area contributed by atoms with Gasteiger partial charge in [0, 0.05) is 12.1 Å². The molecule has 0 spiro atoms. The maximum Gasteiger partial charge on any atom is 0.283 e. The van der Waals surface area contributed by atoms with Gasteiger partial charge in [-0.1, -0.05) is 47.6 Å². The third-order valence-electron chi connectivity index (χ3n) is 4.61. The summed E-state index contributed by atoms with van der Waals surface area (Å²) in [6.45, 7) is 2.89. The highest BCUT2D eigenvalue weighted by atomic mass is 35.5. The molecule has 8 heteroatoms. The molecular weight excluding hydrogens is 434 g/mol. The molecule has 0 aromatic heterocycles. The Hall–Kier alpha value is -3.03. The lowest BCUT2D eigenvalue weighted by Gasteiger charge is -2.25. The van der Waals surface area contributed by atoms with Crippen LogP contribution in [0.5, 0.6) is 11.5 Å². The van der Waals surface area contributed by atoms with Crippen molar-refractivity contribution in [1.82, 2.24) is 4.90 Å². The van der Waals surface area contributed by atoms with Gasteiger partial charge in [0.05, 0.1) is 23.8 Å². The molecule has 2 aromatic rings. The standard InChI is InChI=1S/C23H20ClN3O3S/c1-15-14-31-23-26-22(28)18(21(25)27(15)23)12-16-8-9-20(19(24)13-16)30-11-5-10-29-17-6-3-2-4-7-17/h2-4,6-9,12-14,25H,5,10-11H2,1H3/b18-12+,25-21?. The quantitative estimate of drug-likeness (QED) is 0.451. The highest BCUT2D eigenvalue weighted by Crippen LogP contribution is 2.32. The number of thioether (sulfide) groups is 1. The number of allylic oxidation sites excluding steroid dienone is 1. The van der Waals surface area contributed by atoms with Gasteiger partial charge in [0.15, 0.2) is 5.17 Å². The molecule has 0 atom stereocenters. The number of ether oxygens (including phenoxy) is 2. The SMILES string of the molecule is CC1=CSC2=NC(=O)/C(=C/c3ccc(OCCCOc4ccccc4)c(Cl)c3)C(=N)N12. The third-order valence-corrected chi connectivity index (χ3v) is 5.85. The molecule has 0 aliphatic carbocycles. The van der Waals surface area contributed by atoms with Crippen molar-refractivity contribution >= 4 is 46.3 Å². The molecule has 6 nitrogen and oxygen atoms in total. The van der Waals surface area contributed by atoms with Crippen molar-refractivity contribution in [3.05, 3.63) is 75.8 Å². The number of fused-ring (bicyclic) bond motifs is 1. The molecule has 0 saturated heterocycles. The lowest BCUT2D eigenvalue weighted by Crippen LogP contribution is -2.37. The van der Waals surface area contributed by atoms with Gasteiger partial charge in [-0.3, -0.25) is 15.1 Å². The topological polar surface area (TPSA) is 75.0 Å². The first-order valence-electron chi connectivity index (χ1n) is 9.70. The molecule has 2 aliphatic heterocycles. The zero-order valence-electron chi connectivity index (χ0n) is 16.8. The van der Waals surface area contributed by atoms with Gasteiger partial charge >= 0.3 is 0 Å². The average Bonchev–Trinajstić information content (AvgIpc) is 3.13. The van der Waals surface area contributed by atoms with Crippen molar-refractivity contribution in [3.8, 4) is 11.5 Å². The second-order valence-corrected chi connectivity index (χ2v) is 8.12. The molecule has 0 fully saturated rings. The summed E-state index contributed by atoms with van der Waals surface area (Å²) in [6.07, 6.45) is 2.34. The maximum atomic E-state index is 12.4. The molecule has 2 aliphatic rings. The number of benzene rings is 2. The van der Waals surface area contributed by atoms with Gasteiger partial charge in [0.2, 0.25) is 0 Å². The number of halogens is 1. The van der Waals surface area contributed by atoms with E-state index in [1.54, 1.807) is 29.2 Å². The first-order valence-corrected chi connectivity index (χ1v) is 11.0. The summed E-state index contributed by atoms with van der Waals surface area (Å²) < 4.78 is 11.4. The summed E-state index contributed by atoms with van der Waals surface area (Å²) in [5.41, 5.74) is 1.79. The van der Waals surface area contributed by atoms with Crippen LogP contribution < -0.4 is 9.47 Å². The highest BCUT2D eigenvalue weighted by Gasteiger charge is 2.33. The number of aliphatic imine (C=N–C) groups is 1. The molecule has 4 rings (SSSR count). The summed E-state index contributed by atoms with van der Waals surface area (Å²) in [5.74, 6) is 1.07. The minimum absolute atomic E-state index is 0.114. The van der Waals surface area contributed by atoms with Gasteiger partial charge in [-0.2, -0.15) is 4.99 Å². The average molecular weight is 454 g/mol. The molecule has 1 N–H and O–H groups in total. The molecule has 0 bridgehead atoms. The van der Waals surface area contributed by atoms with E-state index >= 15 is 0 Å². The molecule has 0 saturated carbocycles. The highest BCUT2D eigenvalue weighted by molar-refractivity contribution is 8.16. The smallest absolute Gasteiger partial charge is 0.283 e. The number of carbonyl (C=O) groups excluding carboxylic acids is 1. The molecule has 1 amide bonds. The Morgan fingerprint density at radius 3 is 2.71 bits per heavy atom. The lowest BCUT2D eigenvalue weighted by molar-refractivity contribution is -0.114. The van der Waals surface area contributed by atoms with Crippen molar-refractivity contribution < 1.29 is 14.3 Å². The minimum Gasteiger partial charge on any atom is -0.493 e. The number of para-hydroxylation sites is 1. The number of rotatable bonds is 7. The van der Waals surface area contributed by atoms with Gasteiger partial charge in [-0.05, 0) is 48.2 Å². The van der Waals surface area contributed by atoms with Gasteiger partial charge in [0.1, 0.15) is 17.3 Å². The molecule has 158 valence electrons. The normalized spacial score (nSPS) is 16.8. The zero-order chi connectivity index (χ0) is 21.8. The molecule has 31 heavy (non-hydrogen) atoms. The fourth-order valence-corrected chi connectivity index (χ4v) is 4.18. The van der Waals surface area contributed by atoms with Crippen LogP contribution in [-0.2, 0) is 4.79 Å². The van der Waals surface area contributed by atoms with E-state index in [9.17, 15) is 4.79 Å². The Labute approximate surface area is 189 Å². The predicted molar refractivity (Wildman–Crippen MR) is 125 cm³/mol. The van der Waals surface area contributed by atoms with Crippen LogP contribution in [-0.4, -0.2) is 35.0 Å². The van der Waals surface area contributed by atoms with Crippen LogP contribution in [0.3, 0.4) is 0 Å². The number of nitrogens with one attached hydrogen (secondary N) is 1. The number of hydrogen-bond donors (Lipinski definition) is 1. The van der Waals surface area contributed by atoms with E-state index in [1.807, 2.05) is 42.7 Å². The number of hydrogen-bond acceptors (Lipinski definition) is 5. The second-order valence-electron chi connectivity index (χ2n) is 6.87. The van der Waals surface area contributed by atoms with Gasteiger partial charge in [-0.25, -0.2) is 0 Å². The second kappa shape index (κ2) is 9.41. The fraction of sp³-hybridized carbons (Fsp3) is 0.174. The predicted octanol–water partition coefficient (Wildman–Crippen LogP) is 5.35. The number of nitrogens with zero attached hydrogens (tertiary/aromatic N) is 2. The van der Waals surface area contributed by atoms with Crippen molar-refractivity contribution in [3.63, 3.8) is 0 Å². The lowest BCUT2D eigenvalue weighted by atomic mass is 10.1. The van der Waals surface area contributed by atoms with Crippen molar-refractivity contribution in [2.75, 3.05) is 13.2 Å². The van der Waals surface area contributed by atoms with Crippen LogP contribution in [0.4, 0.5) is 0 Å². The Kier molecular flexibility index (Phi) is 6.44. The Morgan fingerprint density at radius 2 is 1.94 bits per heavy atom.